The Morgan fingerprint density at radius 2 is 2.20 bits per heavy atom. The Kier molecular flexibility index (Phi) is 5.69. The number of amidine groups is 1. The number of nitrogens with zero attached hydrogens (tertiary/aromatic N) is 1. The number of nitrogens with one attached hydrogen (secondary N) is 1. The van der Waals surface area contributed by atoms with Gasteiger partial charge in [0.05, 0.1) is 5.54 Å². The van der Waals surface area contributed by atoms with Crippen molar-refractivity contribution in [1.82, 2.24) is 5.32 Å². The molecular formula is C9H19N3O3. The predicted molar refractivity (Wildman–Crippen MR) is 56.7 cm³/mol. The molecule has 0 radical (unpaired) electrons. The van der Waals surface area contributed by atoms with Crippen molar-refractivity contribution in [3.05, 3.63) is 0 Å². The molecule has 0 aliphatic rings. The number of ether oxygens (including phenoxy) is 1. The van der Waals surface area contributed by atoms with E-state index in [4.69, 9.17) is 15.7 Å². The minimum absolute atomic E-state index is 0.0254. The Bertz CT molecular complexity index is 239. The zero-order valence-electron chi connectivity index (χ0n) is 9.41. The largest absolute Gasteiger partial charge is 0.409 e. The Morgan fingerprint density at radius 1 is 1.60 bits per heavy atom. The van der Waals surface area contributed by atoms with Gasteiger partial charge in [-0.3, -0.25) is 4.79 Å². The van der Waals surface area contributed by atoms with Crippen LogP contribution in [0.15, 0.2) is 5.16 Å². The fourth-order valence-corrected chi connectivity index (χ4v) is 0.977. The van der Waals surface area contributed by atoms with Gasteiger partial charge in [-0.05, 0) is 20.3 Å². The third kappa shape index (κ3) is 5.21. The summed E-state index contributed by atoms with van der Waals surface area (Å²) in [6, 6.07) is 0. The molecule has 0 heterocycles. The summed E-state index contributed by atoms with van der Waals surface area (Å²) in [6.07, 6.45) is 1.00. The van der Waals surface area contributed by atoms with Gasteiger partial charge in [0, 0.05) is 20.1 Å². The molecule has 4 N–H and O–H groups in total. The van der Waals surface area contributed by atoms with Crippen LogP contribution in [0, 0.1) is 0 Å². The maximum atomic E-state index is 11.4. The minimum atomic E-state index is -0.834. The fraction of sp³-hybridized carbons (Fsp3) is 0.778. The van der Waals surface area contributed by atoms with Crippen LogP contribution in [0.2, 0.25) is 0 Å². The van der Waals surface area contributed by atoms with Crippen molar-refractivity contribution >= 4 is 11.7 Å². The number of hydrogen-bond donors (Lipinski definition) is 3. The van der Waals surface area contributed by atoms with E-state index in [-0.39, 0.29) is 11.7 Å². The third-order valence-corrected chi connectivity index (χ3v) is 1.95. The molecule has 0 saturated heterocycles. The van der Waals surface area contributed by atoms with E-state index in [2.05, 4.69) is 10.5 Å². The maximum absolute atomic E-state index is 11.4. The Hall–Kier alpha value is -1.30. The molecule has 0 aliphatic heterocycles. The smallest absolute Gasteiger partial charge is 0.220 e. The molecule has 0 rings (SSSR count). The topological polar surface area (TPSA) is 96.9 Å². The van der Waals surface area contributed by atoms with E-state index in [0.717, 1.165) is 0 Å². The van der Waals surface area contributed by atoms with Crippen LogP contribution in [-0.4, -0.2) is 36.2 Å². The van der Waals surface area contributed by atoms with Gasteiger partial charge in [0.2, 0.25) is 5.91 Å². The van der Waals surface area contributed by atoms with Crippen LogP contribution in [0.1, 0.15) is 26.7 Å². The second-order valence-electron chi connectivity index (χ2n) is 3.75. The van der Waals surface area contributed by atoms with Crippen LogP contribution in [0.5, 0.6) is 0 Å². The molecule has 0 aromatic heterocycles. The summed E-state index contributed by atoms with van der Waals surface area (Å²) in [7, 11) is 1.58. The lowest BCUT2D eigenvalue weighted by Gasteiger charge is -2.24. The van der Waals surface area contributed by atoms with Crippen molar-refractivity contribution in [3.63, 3.8) is 0 Å². The van der Waals surface area contributed by atoms with Gasteiger partial charge >= 0.3 is 0 Å². The molecule has 15 heavy (non-hydrogen) atoms. The van der Waals surface area contributed by atoms with E-state index in [0.29, 0.717) is 19.4 Å². The van der Waals surface area contributed by atoms with E-state index in [1.54, 1.807) is 21.0 Å². The van der Waals surface area contributed by atoms with Crippen molar-refractivity contribution in [2.24, 2.45) is 10.9 Å². The summed E-state index contributed by atoms with van der Waals surface area (Å²) in [6.45, 7) is 3.87. The summed E-state index contributed by atoms with van der Waals surface area (Å²) in [5, 5.41) is 14.0. The molecule has 0 bridgehead atoms. The number of carbonyl (C=O) groups excluding carboxylic acids is 1. The molecule has 6 heteroatoms. The number of nitrogens with two attached hydrogens (primary N) is 1. The second-order valence-corrected chi connectivity index (χ2v) is 3.75. The highest BCUT2D eigenvalue weighted by molar-refractivity contribution is 5.93. The highest BCUT2D eigenvalue weighted by Crippen LogP contribution is 2.03. The third-order valence-electron chi connectivity index (χ3n) is 1.95. The summed E-state index contributed by atoms with van der Waals surface area (Å²) < 4.78 is 4.82. The molecule has 0 atom stereocenters. The van der Waals surface area contributed by atoms with Crippen LogP contribution < -0.4 is 11.1 Å². The molecule has 6 nitrogen and oxygen atoms in total. The van der Waals surface area contributed by atoms with Crippen LogP contribution in [0.4, 0.5) is 0 Å². The van der Waals surface area contributed by atoms with Crippen LogP contribution >= 0.6 is 0 Å². The highest BCUT2D eigenvalue weighted by Gasteiger charge is 2.25. The Labute approximate surface area is 89.5 Å². The number of rotatable bonds is 6. The monoisotopic (exact) mass is 217 g/mol. The van der Waals surface area contributed by atoms with E-state index in [1.165, 1.54) is 0 Å². The molecule has 0 aromatic carbocycles. The minimum Gasteiger partial charge on any atom is -0.409 e. The molecule has 88 valence electrons. The number of amides is 1. The number of carbonyl (C=O) groups is 1. The lowest BCUT2D eigenvalue weighted by Crippen LogP contribution is -2.53. The first-order valence-electron chi connectivity index (χ1n) is 4.72. The molecule has 0 spiro atoms. The SMILES string of the molecule is COCCCC(=O)NC(C)(C)C(N)=NO. The quantitative estimate of drug-likeness (QED) is 0.192. The molecule has 0 saturated carbocycles. The molecule has 0 aromatic rings. The molecule has 1 amide bonds. The van der Waals surface area contributed by atoms with Gasteiger partial charge < -0.3 is 21.0 Å². The highest BCUT2D eigenvalue weighted by atomic mass is 16.5. The van der Waals surface area contributed by atoms with Gasteiger partial charge in [-0.2, -0.15) is 0 Å². The number of hydrogen-bond acceptors (Lipinski definition) is 4. The van der Waals surface area contributed by atoms with Crippen molar-refractivity contribution in [1.29, 1.82) is 0 Å². The first-order chi connectivity index (χ1) is 6.94. The van der Waals surface area contributed by atoms with E-state index in [9.17, 15) is 4.79 Å². The molecule has 0 aliphatic carbocycles. The maximum Gasteiger partial charge on any atom is 0.220 e. The zero-order valence-corrected chi connectivity index (χ0v) is 9.41. The van der Waals surface area contributed by atoms with Gasteiger partial charge in [0.25, 0.3) is 0 Å². The van der Waals surface area contributed by atoms with Gasteiger partial charge in [-0.25, -0.2) is 0 Å². The standard InChI is InChI=1S/C9H19N3O3/c1-9(2,8(10)12-14)11-7(13)5-4-6-15-3/h14H,4-6H2,1-3H3,(H2,10,12)(H,11,13). The Balaban J connectivity index is 4.05. The molecular weight excluding hydrogens is 198 g/mol. The average Bonchev–Trinajstić information content (AvgIpc) is 2.16. The predicted octanol–water partition coefficient (Wildman–Crippen LogP) is 0.0542. The summed E-state index contributed by atoms with van der Waals surface area (Å²) in [5.74, 6) is -0.175. The zero-order chi connectivity index (χ0) is 11.9. The van der Waals surface area contributed by atoms with E-state index in [1.807, 2.05) is 0 Å². The van der Waals surface area contributed by atoms with Crippen molar-refractivity contribution in [2.45, 2.75) is 32.2 Å². The van der Waals surface area contributed by atoms with Gasteiger partial charge in [-0.1, -0.05) is 5.16 Å². The van der Waals surface area contributed by atoms with E-state index >= 15 is 0 Å². The first kappa shape index (κ1) is 13.7. The summed E-state index contributed by atoms with van der Waals surface area (Å²) in [5.41, 5.74) is 4.58. The van der Waals surface area contributed by atoms with Crippen LogP contribution in [-0.2, 0) is 9.53 Å². The van der Waals surface area contributed by atoms with Crippen LogP contribution in [0.3, 0.4) is 0 Å². The average molecular weight is 217 g/mol. The lowest BCUT2D eigenvalue weighted by atomic mass is 10.0. The van der Waals surface area contributed by atoms with Crippen molar-refractivity contribution < 1.29 is 14.7 Å². The van der Waals surface area contributed by atoms with E-state index < -0.39 is 5.54 Å². The normalized spacial score (nSPS) is 12.6. The summed E-state index contributed by atoms with van der Waals surface area (Å²) >= 11 is 0. The van der Waals surface area contributed by atoms with Gasteiger partial charge in [-0.15, -0.1) is 0 Å². The van der Waals surface area contributed by atoms with Gasteiger partial charge in [0.15, 0.2) is 5.84 Å². The van der Waals surface area contributed by atoms with Gasteiger partial charge in [0.1, 0.15) is 0 Å². The first-order valence-corrected chi connectivity index (χ1v) is 4.72. The lowest BCUT2D eigenvalue weighted by molar-refractivity contribution is -0.122. The van der Waals surface area contributed by atoms with Crippen LogP contribution in [0.25, 0.3) is 0 Å². The van der Waals surface area contributed by atoms with Crippen molar-refractivity contribution in [3.8, 4) is 0 Å². The summed E-state index contributed by atoms with van der Waals surface area (Å²) in [4.78, 5) is 11.4. The number of methoxy groups -OCH3 is 1. The molecule has 0 fully saturated rings. The Morgan fingerprint density at radius 3 is 2.67 bits per heavy atom. The fourth-order valence-electron chi connectivity index (χ4n) is 0.977. The number of oxime groups is 1. The molecule has 0 unspecified atom stereocenters. The second kappa shape index (κ2) is 6.23. The van der Waals surface area contributed by atoms with Crippen molar-refractivity contribution in [2.75, 3.05) is 13.7 Å².